The Morgan fingerprint density at radius 3 is 3.10 bits per heavy atom. The summed E-state index contributed by atoms with van der Waals surface area (Å²) in [5.74, 6) is 0. The number of benzene rings is 1. The van der Waals surface area contributed by atoms with Gasteiger partial charge in [-0.05, 0) is 49.2 Å². The van der Waals surface area contributed by atoms with E-state index < -0.39 is 0 Å². The highest BCUT2D eigenvalue weighted by molar-refractivity contribution is 5.83. The molecule has 2 heterocycles. The average Bonchev–Trinajstić information content (AvgIpc) is 3.15. The number of para-hydroxylation sites is 1. The molecule has 114 valence electrons. The van der Waals surface area contributed by atoms with Crippen LogP contribution in [0.3, 0.4) is 0 Å². The molecule has 2 aromatic rings. The van der Waals surface area contributed by atoms with Crippen LogP contribution in [0.5, 0.6) is 0 Å². The van der Waals surface area contributed by atoms with E-state index in [0.29, 0.717) is 6.10 Å². The Kier molecular flexibility index (Phi) is 4.94. The molecule has 1 N–H and O–H groups in total. The quantitative estimate of drug-likeness (QED) is 0.785. The van der Waals surface area contributed by atoms with Crippen LogP contribution in [0.1, 0.15) is 38.2 Å². The van der Waals surface area contributed by atoms with Gasteiger partial charge in [-0.25, -0.2) is 0 Å². The van der Waals surface area contributed by atoms with Gasteiger partial charge in [0, 0.05) is 25.9 Å². The molecule has 0 aliphatic carbocycles. The number of aromatic nitrogens is 1. The summed E-state index contributed by atoms with van der Waals surface area (Å²) in [6, 6.07) is 8.85. The van der Waals surface area contributed by atoms with Crippen LogP contribution in [0.15, 0.2) is 30.5 Å². The van der Waals surface area contributed by atoms with Gasteiger partial charge in [-0.1, -0.05) is 25.1 Å². The van der Waals surface area contributed by atoms with Crippen molar-refractivity contribution in [3.8, 4) is 0 Å². The fraction of sp³-hybridized carbons (Fsp3) is 0.556. The van der Waals surface area contributed by atoms with Crippen molar-refractivity contribution in [1.82, 2.24) is 9.88 Å². The van der Waals surface area contributed by atoms with Gasteiger partial charge < -0.3 is 14.6 Å². The Morgan fingerprint density at radius 2 is 2.29 bits per heavy atom. The van der Waals surface area contributed by atoms with E-state index in [-0.39, 0.29) is 0 Å². The number of fused-ring (bicyclic) bond motifs is 1. The molecule has 1 unspecified atom stereocenters. The smallest absolute Gasteiger partial charge is 0.0593 e. The van der Waals surface area contributed by atoms with Gasteiger partial charge in [-0.2, -0.15) is 0 Å². The van der Waals surface area contributed by atoms with Gasteiger partial charge in [-0.3, -0.25) is 0 Å². The maximum atomic E-state index is 5.75. The second-order valence-corrected chi connectivity index (χ2v) is 5.96. The van der Waals surface area contributed by atoms with Gasteiger partial charge >= 0.3 is 0 Å². The molecule has 1 aliphatic rings. The van der Waals surface area contributed by atoms with Crippen molar-refractivity contribution in [3.63, 3.8) is 0 Å². The van der Waals surface area contributed by atoms with Crippen molar-refractivity contribution in [2.24, 2.45) is 0 Å². The zero-order valence-corrected chi connectivity index (χ0v) is 13.0. The summed E-state index contributed by atoms with van der Waals surface area (Å²) >= 11 is 0. The van der Waals surface area contributed by atoms with E-state index in [1.165, 1.54) is 35.7 Å². The zero-order chi connectivity index (χ0) is 14.5. The standard InChI is InChI=1S/C18H26N2O/c1-2-10-19-14-16-6-3-5-15-8-11-20(18(15)16)12-9-17-7-4-13-21-17/h3,5-6,8,11,17,19H,2,4,7,9-10,12-14H2,1H3. The lowest BCUT2D eigenvalue weighted by molar-refractivity contribution is 0.101. The van der Waals surface area contributed by atoms with Crippen molar-refractivity contribution in [1.29, 1.82) is 0 Å². The Hall–Kier alpha value is -1.32. The van der Waals surface area contributed by atoms with Crippen LogP contribution >= 0.6 is 0 Å². The first-order valence-electron chi connectivity index (χ1n) is 8.27. The largest absolute Gasteiger partial charge is 0.378 e. The summed E-state index contributed by atoms with van der Waals surface area (Å²) in [7, 11) is 0. The third kappa shape index (κ3) is 3.47. The van der Waals surface area contributed by atoms with Crippen molar-refractivity contribution in [3.05, 3.63) is 36.0 Å². The SMILES string of the molecule is CCCNCc1cccc2ccn(CCC3CCCO3)c12. The average molecular weight is 286 g/mol. The second-order valence-electron chi connectivity index (χ2n) is 5.96. The summed E-state index contributed by atoms with van der Waals surface area (Å²) in [4.78, 5) is 0. The van der Waals surface area contributed by atoms with E-state index in [9.17, 15) is 0 Å². The predicted molar refractivity (Wildman–Crippen MR) is 87.5 cm³/mol. The summed E-state index contributed by atoms with van der Waals surface area (Å²) < 4.78 is 8.15. The lowest BCUT2D eigenvalue weighted by Crippen LogP contribution is -2.15. The molecule has 3 rings (SSSR count). The molecule has 3 heteroatoms. The summed E-state index contributed by atoms with van der Waals surface area (Å²) in [6.45, 7) is 6.24. The molecule has 21 heavy (non-hydrogen) atoms. The van der Waals surface area contributed by atoms with E-state index >= 15 is 0 Å². The van der Waals surface area contributed by atoms with Crippen LogP contribution in [0, 0.1) is 0 Å². The minimum atomic E-state index is 0.466. The fourth-order valence-corrected chi connectivity index (χ4v) is 3.22. The number of nitrogens with zero attached hydrogens (tertiary/aromatic N) is 1. The van der Waals surface area contributed by atoms with Crippen LogP contribution in [-0.4, -0.2) is 23.8 Å². The van der Waals surface area contributed by atoms with Gasteiger partial charge in [0.1, 0.15) is 0 Å². The first-order chi connectivity index (χ1) is 10.4. The monoisotopic (exact) mass is 286 g/mol. The van der Waals surface area contributed by atoms with Crippen molar-refractivity contribution in [2.75, 3.05) is 13.2 Å². The number of hydrogen-bond acceptors (Lipinski definition) is 2. The lowest BCUT2D eigenvalue weighted by Gasteiger charge is -2.13. The van der Waals surface area contributed by atoms with Crippen LogP contribution in [0.4, 0.5) is 0 Å². The van der Waals surface area contributed by atoms with E-state index in [4.69, 9.17) is 4.74 Å². The zero-order valence-electron chi connectivity index (χ0n) is 13.0. The normalized spacial score (nSPS) is 18.6. The molecular weight excluding hydrogens is 260 g/mol. The molecule has 0 amide bonds. The first-order valence-corrected chi connectivity index (χ1v) is 8.27. The molecule has 0 spiro atoms. The van der Waals surface area contributed by atoms with Gasteiger partial charge in [-0.15, -0.1) is 0 Å². The molecular formula is C18H26N2O. The van der Waals surface area contributed by atoms with Crippen LogP contribution < -0.4 is 5.32 Å². The topological polar surface area (TPSA) is 26.2 Å². The lowest BCUT2D eigenvalue weighted by atomic mass is 10.1. The number of hydrogen-bond donors (Lipinski definition) is 1. The highest BCUT2D eigenvalue weighted by atomic mass is 16.5. The number of rotatable bonds is 7. The molecule has 3 nitrogen and oxygen atoms in total. The minimum Gasteiger partial charge on any atom is -0.378 e. The second kappa shape index (κ2) is 7.10. The number of nitrogens with one attached hydrogen (secondary N) is 1. The maximum Gasteiger partial charge on any atom is 0.0593 e. The highest BCUT2D eigenvalue weighted by Crippen LogP contribution is 2.22. The predicted octanol–water partition coefficient (Wildman–Crippen LogP) is 3.71. The molecule has 1 fully saturated rings. The Morgan fingerprint density at radius 1 is 1.33 bits per heavy atom. The highest BCUT2D eigenvalue weighted by Gasteiger charge is 2.15. The molecule has 0 bridgehead atoms. The van der Waals surface area contributed by atoms with Crippen molar-refractivity contribution in [2.45, 2.75) is 51.8 Å². The van der Waals surface area contributed by atoms with Crippen molar-refractivity contribution < 1.29 is 4.74 Å². The summed E-state index contributed by atoms with van der Waals surface area (Å²) in [5.41, 5.74) is 2.79. The minimum absolute atomic E-state index is 0.466. The van der Waals surface area contributed by atoms with Crippen molar-refractivity contribution >= 4 is 10.9 Å². The summed E-state index contributed by atoms with van der Waals surface area (Å²) in [5, 5.41) is 4.87. The molecule has 1 aliphatic heterocycles. The van der Waals surface area contributed by atoms with E-state index in [1.54, 1.807) is 0 Å². The summed E-state index contributed by atoms with van der Waals surface area (Å²) in [6.07, 6.45) is 7.44. The Balaban J connectivity index is 1.74. The van der Waals surface area contributed by atoms with Gasteiger partial charge in [0.05, 0.1) is 11.6 Å². The molecule has 1 aromatic carbocycles. The van der Waals surface area contributed by atoms with Crippen LogP contribution in [0.2, 0.25) is 0 Å². The van der Waals surface area contributed by atoms with Gasteiger partial charge in [0.15, 0.2) is 0 Å². The number of ether oxygens (including phenoxy) is 1. The van der Waals surface area contributed by atoms with E-state index in [0.717, 1.165) is 32.7 Å². The maximum absolute atomic E-state index is 5.75. The van der Waals surface area contributed by atoms with Gasteiger partial charge in [0.25, 0.3) is 0 Å². The number of aryl methyl sites for hydroxylation is 1. The van der Waals surface area contributed by atoms with Crippen LogP contribution in [-0.2, 0) is 17.8 Å². The van der Waals surface area contributed by atoms with E-state index in [2.05, 4.69) is 47.3 Å². The van der Waals surface area contributed by atoms with Gasteiger partial charge in [0.2, 0.25) is 0 Å². The molecule has 1 atom stereocenters. The van der Waals surface area contributed by atoms with E-state index in [1.807, 2.05) is 0 Å². The first kappa shape index (κ1) is 14.6. The third-order valence-electron chi connectivity index (χ3n) is 4.33. The van der Waals surface area contributed by atoms with Crippen LogP contribution in [0.25, 0.3) is 10.9 Å². The molecule has 1 aromatic heterocycles. The third-order valence-corrected chi connectivity index (χ3v) is 4.33. The fourth-order valence-electron chi connectivity index (χ4n) is 3.22. The Bertz CT molecular complexity index is 570. The molecule has 0 saturated carbocycles. The molecule has 0 radical (unpaired) electrons. The Labute approximate surface area is 127 Å². The molecule has 1 saturated heterocycles.